The van der Waals surface area contributed by atoms with E-state index in [1.54, 1.807) is 6.92 Å². The minimum absolute atomic E-state index is 0.319. The summed E-state index contributed by atoms with van der Waals surface area (Å²) >= 11 is 0. The molecule has 13 heavy (non-hydrogen) atoms. The van der Waals surface area contributed by atoms with E-state index in [9.17, 15) is 9.90 Å². The average molecular weight is 184 g/mol. The Morgan fingerprint density at radius 3 is 2.62 bits per heavy atom. The number of aliphatic hydroxyl groups excluding tert-OH is 1. The van der Waals surface area contributed by atoms with Gasteiger partial charge in [0.1, 0.15) is 0 Å². The van der Waals surface area contributed by atoms with Crippen LogP contribution in [0, 0.1) is 11.3 Å². The van der Waals surface area contributed by atoms with Crippen LogP contribution in [0.5, 0.6) is 0 Å². The van der Waals surface area contributed by atoms with Crippen LogP contribution in [0.25, 0.3) is 0 Å². The highest BCUT2D eigenvalue weighted by molar-refractivity contribution is 5.74. The number of carboxylic acids is 1. The highest BCUT2D eigenvalue weighted by Gasteiger charge is 2.45. The van der Waals surface area contributed by atoms with Gasteiger partial charge in [0, 0.05) is 5.41 Å². The van der Waals surface area contributed by atoms with E-state index in [0.29, 0.717) is 12.3 Å². The molecule has 74 valence electrons. The molecule has 1 saturated carbocycles. The van der Waals surface area contributed by atoms with Gasteiger partial charge in [-0.2, -0.15) is 0 Å². The molecular weight excluding hydrogens is 168 g/mol. The predicted molar refractivity (Wildman–Crippen MR) is 49.3 cm³/mol. The fourth-order valence-electron chi connectivity index (χ4n) is 2.00. The Hall–Kier alpha value is -0.830. The first-order chi connectivity index (χ1) is 5.89. The second kappa shape index (κ2) is 3.14. The number of rotatable bonds is 2. The zero-order valence-corrected chi connectivity index (χ0v) is 8.08. The molecule has 0 aliphatic heterocycles. The lowest BCUT2D eigenvalue weighted by Gasteiger charge is -2.29. The summed E-state index contributed by atoms with van der Waals surface area (Å²) in [7, 11) is 0. The molecule has 0 heterocycles. The van der Waals surface area contributed by atoms with Crippen LogP contribution in [0.3, 0.4) is 0 Å². The van der Waals surface area contributed by atoms with E-state index in [1.807, 2.05) is 6.92 Å². The van der Waals surface area contributed by atoms with Gasteiger partial charge in [-0.1, -0.05) is 26.0 Å². The Morgan fingerprint density at radius 1 is 1.77 bits per heavy atom. The number of carbonyl (C=O) groups is 1. The van der Waals surface area contributed by atoms with Gasteiger partial charge in [-0.3, -0.25) is 0 Å². The zero-order valence-electron chi connectivity index (χ0n) is 8.08. The van der Waals surface area contributed by atoms with Crippen molar-refractivity contribution in [2.75, 3.05) is 0 Å². The van der Waals surface area contributed by atoms with Gasteiger partial charge in [0.25, 0.3) is 0 Å². The van der Waals surface area contributed by atoms with Gasteiger partial charge in [0.15, 0.2) is 6.10 Å². The Balaban J connectivity index is 2.89. The van der Waals surface area contributed by atoms with E-state index >= 15 is 0 Å². The van der Waals surface area contributed by atoms with Crippen molar-refractivity contribution in [2.45, 2.75) is 32.8 Å². The number of carboxylic acid groups (broad SMARTS) is 1. The van der Waals surface area contributed by atoms with E-state index in [2.05, 4.69) is 6.58 Å². The van der Waals surface area contributed by atoms with Crippen LogP contribution >= 0.6 is 0 Å². The van der Waals surface area contributed by atoms with Crippen LogP contribution in [-0.4, -0.2) is 22.3 Å². The van der Waals surface area contributed by atoms with Gasteiger partial charge in [-0.25, -0.2) is 4.79 Å². The molecule has 3 heteroatoms. The molecule has 1 rings (SSSR count). The maximum atomic E-state index is 10.7. The molecule has 1 fully saturated rings. The van der Waals surface area contributed by atoms with E-state index in [-0.39, 0.29) is 0 Å². The maximum absolute atomic E-state index is 10.7. The third kappa shape index (κ3) is 1.48. The van der Waals surface area contributed by atoms with Crippen molar-refractivity contribution in [1.82, 2.24) is 0 Å². The third-order valence-electron chi connectivity index (χ3n) is 3.26. The molecule has 0 aromatic carbocycles. The third-order valence-corrected chi connectivity index (χ3v) is 3.26. The lowest BCUT2D eigenvalue weighted by Crippen LogP contribution is -2.37. The second-order valence-electron chi connectivity index (χ2n) is 4.12. The molecule has 1 aliphatic rings. The van der Waals surface area contributed by atoms with Crippen LogP contribution in [-0.2, 0) is 4.79 Å². The molecule has 0 radical (unpaired) electrons. The lowest BCUT2D eigenvalue weighted by atomic mass is 9.78. The van der Waals surface area contributed by atoms with Crippen LogP contribution in [0.1, 0.15) is 26.7 Å². The first-order valence-electron chi connectivity index (χ1n) is 4.49. The molecule has 0 bridgehead atoms. The van der Waals surface area contributed by atoms with Gasteiger partial charge in [-0.05, 0) is 18.8 Å². The van der Waals surface area contributed by atoms with E-state index in [1.165, 1.54) is 0 Å². The van der Waals surface area contributed by atoms with Crippen molar-refractivity contribution in [1.29, 1.82) is 0 Å². The summed E-state index contributed by atoms with van der Waals surface area (Å²) in [5, 5.41) is 18.2. The van der Waals surface area contributed by atoms with Crippen molar-refractivity contribution in [3.05, 3.63) is 12.2 Å². The van der Waals surface area contributed by atoms with Crippen molar-refractivity contribution < 1.29 is 15.0 Å². The molecule has 3 atom stereocenters. The molecule has 0 spiro atoms. The molecule has 0 amide bonds. The van der Waals surface area contributed by atoms with Crippen LogP contribution in [0.15, 0.2) is 12.2 Å². The number of aliphatic carboxylic acids is 1. The summed E-state index contributed by atoms with van der Waals surface area (Å²) in [5.41, 5.74) is 0.230. The van der Waals surface area contributed by atoms with Crippen LogP contribution < -0.4 is 0 Å². The van der Waals surface area contributed by atoms with Gasteiger partial charge in [0.05, 0.1) is 0 Å². The molecular formula is C10H16O3. The number of hydrogen-bond acceptors (Lipinski definition) is 2. The highest BCUT2D eigenvalue weighted by atomic mass is 16.4. The molecule has 1 unspecified atom stereocenters. The Morgan fingerprint density at radius 2 is 2.31 bits per heavy atom. The lowest BCUT2D eigenvalue weighted by molar-refractivity contribution is -0.152. The number of hydrogen-bond donors (Lipinski definition) is 2. The van der Waals surface area contributed by atoms with Crippen molar-refractivity contribution >= 4 is 5.97 Å². The fourth-order valence-corrected chi connectivity index (χ4v) is 2.00. The summed E-state index contributed by atoms with van der Waals surface area (Å²) in [6, 6.07) is 0. The molecule has 1 aliphatic carbocycles. The van der Waals surface area contributed by atoms with Crippen LogP contribution in [0.4, 0.5) is 0 Å². The normalized spacial score (nSPS) is 36.2. The fraction of sp³-hybridized carbons (Fsp3) is 0.700. The summed E-state index contributed by atoms with van der Waals surface area (Å²) < 4.78 is 0. The zero-order chi connectivity index (χ0) is 10.2. The van der Waals surface area contributed by atoms with E-state index < -0.39 is 17.5 Å². The molecule has 0 saturated heterocycles. The predicted octanol–water partition coefficient (Wildman–Crippen LogP) is 1.42. The van der Waals surface area contributed by atoms with E-state index in [0.717, 1.165) is 12.0 Å². The Kier molecular flexibility index (Phi) is 2.48. The second-order valence-corrected chi connectivity index (χ2v) is 4.12. The van der Waals surface area contributed by atoms with Crippen LogP contribution in [0.2, 0.25) is 0 Å². The minimum atomic E-state index is -1.31. The number of aliphatic hydroxyl groups is 1. The molecule has 3 nitrogen and oxygen atoms in total. The van der Waals surface area contributed by atoms with Gasteiger partial charge >= 0.3 is 5.97 Å². The largest absolute Gasteiger partial charge is 0.479 e. The quantitative estimate of drug-likeness (QED) is 0.638. The molecule has 2 N–H and O–H groups in total. The van der Waals surface area contributed by atoms with Gasteiger partial charge < -0.3 is 10.2 Å². The van der Waals surface area contributed by atoms with Gasteiger partial charge in [-0.15, -0.1) is 0 Å². The van der Waals surface area contributed by atoms with Gasteiger partial charge in [0.2, 0.25) is 0 Å². The Labute approximate surface area is 78.1 Å². The van der Waals surface area contributed by atoms with Crippen molar-refractivity contribution in [3.63, 3.8) is 0 Å². The molecule has 0 aromatic rings. The first kappa shape index (κ1) is 10.3. The summed E-state index contributed by atoms with van der Waals surface area (Å²) in [6.45, 7) is 7.66. The topological polar surface area (TPSA) is 57.5 Å². The van der Waals surface area contributed by atoms with E-state index in [4.69, 9.17) is 5.11 Å². The SMILES string of the molecule is C=C1[C@@H](C)CC[C@]1(C)C(O)C(=O)O. The average Bonchev–Trinajstić information content (AvgIpc) is 2.33. The first-order valence-corrected chi connectivity index (χ1v) is 4.49. The highest BCUT2D eigenvalue weighted by Crippen LogP contribution is 2.47. The standard InChI is InChI=1S/C10H16O3/c1-6-4-5-10(3,7(6)2)8(11)9(12)13/h6,8,11H,2,4-5H2,1,3H3,(H,12,13)/t6-,8?,10-/m0/s1. The Bertz CT molecular complexity index is 247. The summed E-state index contributed by atoms with van der Waals surface area (Å²) in [6.07, 6.45) is 0.310. The van der Waals surface area contributed by atoms with Crippen molar-refractivity contribution in [2.24, 2.45) is 11.3 Å². The summed E-state index contributed by atoms with van der Waals surface area (Å²) in [5.74, 6) is -0.836. The smallest absolute Gasteiger partial charge is 0.333 e. The monoisotopic (exact) mass is 184 g/mol. The minimum Gasteiger partial charge on any atom is -0.479 e. The molecule has 0 aromatic heterocycles. The summed E-state index contributed by atoms with van der Waals surface area (Å²) in [4.78, 5) is 10.7. The maximum Gasteiger partial charge on any atom is 0.333 e. The van der Waals surface area contributed by atoms with Crippen molar-refractivity contribution in [3.8, 4) is 0 Å².